The molecule has 0 aromatic heterocycles. The predicted molar refractivity (Wildman–Crippen MR) is 132 cm³/mol. The van der Waals surface area contributed by atoms with Crippen LogP contribution in [-0.2, 0) is 11.3 Å². The summed E-state index contributed by atoms with van der Waals surface area (Å²) in [4.78, 5) is 27.4. The van der Waals surface area contributed by atoms with Gasteiger partial charge in [-0.3, -0.25) is 19.9 Å². The van der Waals surface area contributed by atoms with E-state index in [4.69, 9.17) is 10.1 Å². The molecule has 2 heterocycles. The molecule has 0 bridgehead atoms. The summed E-state index contributed by atoms with van der Waals surface area (Å²) in [5, 5.41) is 14.6. The molecule has 1 saturated heterocycles. The molecular weight excluding hydrogens is 447 g/mol. The highest BCUT2D eigenvalue weighted by Crippen LogP contribution is 2.40. The Hall–Kier alpha value is -3.42. The normalized spacial score (nSPS) is 20.5. The third-order valence-corrected chi connectivity index (χ3v) is 7.06. The summed E-state index contributed by atoms with van der Waals surface area (Å²) in [5.41, 5.74) is 0.905. The van der Waals surface area contributed by atoms with Crippen molar-refractivity contribution < 1.29 is 18.7 Å². The second-order valence-electron chi connectivity index (χ2n) is 10.1. The van der Waals surface area contributed by atoms with Crippen LogP contribution in [0.2, 0.25) is 0 Å². The van der Waals surface area contributed by atoms with Gasteiger partial charge in [0.1, 0.15) is 17.2 Å². The van der Waals surface area contributed by atoms with Crippen molar-refractivity contribution >= 4 is 17.8 Å². The van der Waals surface area contributed by atoms with Gasteiger partial charge in [-0.15, -0.1) is 0 Å². The van der Waals surface area contributed by atoms with Crippen LogP contribution in [0.1, 0.15) is 80.9 Å². The van der Waals surface area contributed by atoms with Gasteiger partial charge in [-0.2, -0.15) is 0 Å². The van der Waals surface area contributed by atoms with E-state index in [1.54, 1.807) is 24.3 Å². The smallest absolute Gasteiger partial charge is 0.251 e. The fourth-order valence-electron chi connectivity index (χ4n) is 4.91. The van der Waals surface area contributed by atoms with Crippen molar-refractivity contribution in [3.8, 4) is 5.75 Å². The van der Waals surface area contributed by atoms with Crippen LogP contribution in [-0.4, -0.2) is 33.8 Å². The van der Waals surface area contributed by atoms with Crippen molar-refractivity contribution in [2.45, 2.75) is 77.1 Å². The Kier molecular flexibility index (Phi) is 6.58. The molecule has 0 spiro atoms. The van der Waals surface area contributed by atoms with Gasteiger partial charge >= 0.3 is 0 Å². The lowest BCUT2D eigenvalue weighted by Gasteiger charge is -2.42. The fourth-order valence-corrected chi connectivity index (χ4v) is 4.91. The average Bonchev–Trinajstić information content (AvgIpc) is 2.81. The van der Waals surface area contributed by atoms with Crippen LogP contribution < -0.4 is 15.4 Å². The van der Waals surface area contributed by atoms with Gasteiger partial charge in [-0.1, -0.05) is 26.0 Å². The number of amides is 2. The van der Waals surface area contributed by atoms with Crippen molar-refractivity contribution in [1.82, 2.24) is 15.5 Å². The SMILES string of the molecule is CCC1(CC)CC(=O)N(Cc2cccc(C(=O)N[C@H]3CC(C)(C)Oc4ccc(F)cc43)c2)C(=N)N1. The third-order valence-electron chi connectivity index (χ3n) is 7.06. The van der Waals surface area contributed by atoms with Gasteiger partial charge in [-0.05, 0) is 62.6 Å². The number of carbonyl (C=O) groups is 2. The Morgan fingerprint density at radius 1 is 1.23 bits per heavy atom. The van der Waals surface area contributed by atoms with Gasteiger partial charge in [0.15, 0.2) is 5.96 Å². The number of nitrogens with one attached hydrogen (secondary N) is 3. The number of fused-ring (bicyclic) bond motifs is 1. The van der Waals surface area contributed by atoms with E-state index in [9.17, 15) is 14.0 Å². The van der Waals surface area contributed by atoms with Crippen LogP contribution in [0, 0.1) is 11.2 Å². The van der Waals surface area contributed by atoms with Gasteiger partial charge in [0, 0.05) is 23.1 Å². The molecule has 4 rings (SSSR count). The molecule has 2 aliphatic rings. The number of hydrogen-bond donors (Lipinski definition) is 3. The van der Waals surface area contributed by atoms with Crippen molar-refractivity contribution in [2.75, 3.05) is 0 Å². The molecule has 2 aromatic carbocycles. The van der Waals surface area contributed by atoms with Crippen molar-refractivity contribution in [2.24, 2.45) is 0 Å². The van der Waals surface area contributed by atoms with Gasteiger partial charge < -0.3 is 15.4 Å². The summed E-state index contributed by atoms with van der Waals surface area (Å²) in [7, 11) is 0. The Morgan fingerprint density at radius 3 is 2.66 bits per heavy atom. The topological polar surface area (TPSA) is 94.5 Å². The van der Waals surface area contributed by atoms with Crippen LogP contribution in [0.5, 0.6) is 5.75 Å². The Morgan fingerprint density at radius 2 is 1.97 bits per heavy atom. The summed E-state index contributed by atoms with van der Waals surface area (Å²) >= 11 is 0. The molecule has 1 fully saturated rings. The van der Waals surface area contributed by atoms with Gasteiger partial charge in [-0.25, -0.2) is 4.39 Å². The van der Waals surface area contributed by atoms with Crippen molar-refractivity contribution in [3.05, 3.63) is 65.0 Å². The number of ether oxygens (including phenoxy) is 1. The molecular formula is C27H33FN4O3. The highest BCUT2D eigenvalue weighted by molar-refractivity contribution is 5.99. The van der Waals surface area contributed by atoms with E-state index in [1.807, 2.05) is 33.8 Å². The zero-order valence-electron chi connectivity index (χ0n) is 20.7. The van der Waals surface area contributed by atoms with Crippen molar-refractivity contribution in [3.63, 3.8) is 0 Å². The molecule has 2 amide bonds. The number of hydrogen-bond acceptors (Lipinski definition) is 4. The minimum absolute atomic E-state index is 0.0860. The number of rotatable bonds is 6. The van der Waals surface area contributed by atoms with E-state index in [0.29, 0.717) is 29.7 Å². The fraction of sp³-hybridized carbons (Fsp3) is 0.444. The van der Waals surface area contributed by atoms with Crippen molar-refractivity contribution in [1.29, 1.82) is 5.41 Å². The molecule has 0 radical (unpaired) electrons. The minimum atomic E-state index is -0.515. The monoisotopic (exact) mass is 480 g/mol. The average molecular weight is 481 g/mol. The number of guanidine groups is 1. The van der Waals surface area contributed by atoms with Crippen LogP contribution in [0.25, 0.3) is 0 Å². The first-order chi connectivity index (χ1) is 16.5. The second kappa shape index (κ2) is 9.32. The van der Waals surface area contributed by atoms with Gasteiger partial charge in [0.05, 0.1) is 19.0 Å². The van der Waals surface area contributed by atoms with Crippen LogP contribution in [0.3, 0.4) is 0 Å². The van der Waals surface area contributed by atoms with E-state index in [2.05, 4.69) is 10.6 Å². The van der Waals surface area contributed by atoms with Crippen LogP contribution in [0.15, 0.2) is 42.5 Å². The summed E-state index contributed by atoms with van der Waals surface area (Å²) in [5.74, 6) is -0.130. The Labute approximate surface area is 205 Å². The molecule has 2 aliphatic heterocycles. The van der Waals surface area contributed by atoms with Crippen LogP contribution >= 0.6 is 0 Å². The van der Waals surface area contributed by atoms with Crippen LogP contribution in [0.4, 0.5) is 4.39 Å². The number of benzene rings is 2. The molecule has 35 heavy (non-hydrogen) atoms. The highest BCUT2D eigenvalue weighted by Gasteiger charge is 2.39. The van der Waals surface area contributed by atoms with E-state index < -0.39 is 11.6 Å². The standard InChI is InChI=1S/C27H33FN4O3/c1-5-27(6-2)15-23(33)32(25(29)31-27)16-17-8-7-9-18(12-17)24(34)30-21-14-26(3,4)35-22-11-10-19(28)13-20(21)22/h7-13,21H,5-6,14-16H2,1-4H3,(H2,29,31)(H,30,34)/t21-/m0/s1. The van der Waals surface area contributed by atoms with Gasteiger partial charge in [0.25, 0.3) is 5.91 Å². The van der Waals surface area contributed by atoms with E-state index >= 15 is 0 Å². The lowest BCUT2D eigenvalue weighted by molar-refractivity contribution is -0.131. The summed E-state index contributed by atoms with van der Waals surface area (Å²) < 4.78 is 19.9. The molecule has 0 saturated carbocycles. The zero-order valence-corrected chi connectivity index (χ0v) is 20.7. The van der Waals surface area contributed by atoms with E-state index in [0.717, 1.165) is 18.4 Å². The first kappa shape index (κ1) is 24.7. The molecule has 3 N–H and O–H groups in total. The van der Waals surface area contributed by atoms with E-state index in [-0.39, 0.29) is 35.7 Å². The molecule has 186 valence electrons. The predicted octanol–water partition coefficient (Wildman–Crippen LogP) is 4.67. The summed E-state index contributed by atoms with van der Waals surface area (Å²) in [6.45, 7) is 8.10. The maximum Gasteiger partial charge on any atom is 0.251 e. The zero-order chi connectivity index (χ0) is 25.4. The molecule has 7 nitrogen and oxygen atoms in total. The quantitative estimate of drug-likeness (QED) is 0.560. The third kappa shape index (κ3) is 5.16. The second-order valence-corrected chi connectivity index (χ2v) is 10.1. The largest absolute Gasteiger partial charge is 0.487 e. The highest BCUT2D eigenvalue weighted by atomic mass is 19.1. The first-order valence-electron chi connectivity index (χ1n) is 12.1. The first-order valence-corrected chi connectivity index (χ1v) is 12.1. The molecule has 1 atom stereocenters. The summed E-state index contributed by atoms with van der Waals surface area (Å²) in [6, 6.07) is 11.0. The lowest BCUT2D eigenvalue weighted by atomic mass is 9.87. The Bertz CT molecular complexity index is 1140. The summed E-state index contributed by atoms with van der Waals surface area (Å²) in [6.07, 6.45) is 2.35. The molecule has 0 unspecified atom stereocenters. The lowest BCUT2D eigenvalue weighted by Crippen LogP contribution is -2.61. The molecule has 2 aromatic rings. The minimum Gasteiger partial charge on any atom is -0.487 e. The number of halogens is 1. The maximum atomic E-state index is 13.9. The number of carbonyl (C=O) groups excluding carboxylic acids is 2. The molecule has 8 heteroatoms. The van der Waals surface area contributed by atoms with Gasteiger partial charge in [0.2, 0.25) is 5.91 Å². The Balaban J connectivity index is 1.50. The molecule has 0 aliphatic carbocycles. The van der Waals surface area contributed by atoms with E-state index in [1.165, 1.54) is 17.0 Å². The number of nitrogens with zero attached hydrogens (tertiary/aromatic N) is 1. The maximum absolute atomic E-state index is 13.9.